The van der Waals surface area contributed by atoms with Crippen molar-refractivity contribution in [2.45, 2.75) is 19.8 Å². The number of hydrogen-bond acceptors (Lipinski definition) is 4. The molecule has 0 aliphatic carbocycles. The van der Waals surface area contributed by atoms with E-state index in [0.717, 1.165) is 0 Å². The lowest BCUT2D eigenvalue weighted by atomic mass is 10.0. The van der Waals surface area contributed by atoms with E-state index in [1.165, 1.54) is 14.0 Å². The van der Waals surface area contributed by atoms with Gasteiger partial charge in [-0.25, -0.2) is 0 Å². The van der Waals surface area contributed by atoms with Crippen LogP contribution in [0.3, 0.4) is 0 Å². The fourth-order valence-electron chi connectivity index (χ4n) is 1.53. The average molecular weight is 223 g/mol. The Morgan fingerprint density at radius 1 is 1.50 bits per heavy atom. The summed E-state index contributed by atoms with van der Waals surface area (Å²) in [6.45, 7) is 1.39. The van der Waals surface area contributed by atoms with E-state index in [-0.39, 0.29) is 23.9 Å². The number of aromatic amines is 1. The zero-order chi connectivity index (χ0) is 12.1. The van der Waals surface area contributed by atoms with Gasteiger partial charge in [-0.2, -0.15) is 0 Å². The summed E-state index contributed by atoms with van der Waals surface area (Å²) in [6, 6.07) is 0. The predicted octanol–water partition coefficient (Wildman–Crippen LogP) is 1.14. The van der Waals surface area contributed by atoms with Crippen LogP contribution in [0.2, 0.25) is 0 Å². The van der Waals surface area contributed by atoms with Crippen molar-refractivity contribution in [3.8, 4) is 0 Å². The summed E-state index contributed by atoms with van der Waals surface area (Å²) in [5, 5.41) is 0. The number of methoxy groups -OCH3 is 1. The predicted molar refractivity (Wildman–Crippen MR) is 56.5 cm³/mol. The lowest BCUT2D eigenvalue weighted by Gasteiger charge is -2.00. The van der Waals surface area contributed by atoms with Crippen molar-refractivity contribution < 1.29 is 19.1 Å². The van der Waals surface area contributed by atoms with Gasteiger partial charge in [-0.15, -0.1) is 0 Å². The maximum atomic E-state index is 11.3. The summed E-state index contributed by atoms with van der Waals surface area (Å²) in [6.07, 6.45) is 2.74. The van der Waals surface area contributed by atoms with E-state index in [2.05, 4.69) is 9.72 Å². The summed E-state index contributed by atoms with van der Waals surface area (Å²) < 4.78 is 4.50. The average Bonchev–Trinajstić information content (AvgIpc) is 2.68. The second-order valence-electron chi connectivity index (χ2n) is 3.35. The quantitative estimate of drug-likeness (QED) is 0.461. The van der Waals surface area contributed by atoms with Gasteiger partial charge in [0.05, 0.1) is 12.8 Å². The van der Waals surface area contributed by atoms with Gasteiger partial charge in [-0.05, 0) is 18.9 Å². The Morgan fingerprint density at radius 3 is 2.69 bits per heavy atom. The highest BCUT2D eigenvalue weighted by Gasteiger charge is 2.15. The van der Waals surface area contributed by atoms with Gasteiger partial charge in [0.1, 0.15) is 0 Å². The molecule has 0 aromatic carbocycles. The van der Waals surface area contributed by atoms with Gasteiger partial charge in [0.2, 0.25) is 0 Å². The Balaban J connectivity index is 2.88. The van der Waals surface area contributed by atoms with Crippen molar-refractivity contribution in [3.05, 3.63) is 23.0 Å². The van der Waals surface area contributed by atoms with E-state index in [1.807, 2.05) is 0 Å². The molecule has 0 unspecified atom stereocenters. The first kappa shape index (κ1) is 12.2. The molecular formula is C11H13NO4. The fraction of sp³-hybridized carbons (Fsp3) is 0.364. The minimum Gasteiger partial charge on any atom is -0.469 e. The van der Waals surface area contributed by atoms with Crippen LogP contribution in [-0.4, -0.2) is 30.1 Å². The Kier molecular flexibility index (Phi) is 3.99. The highest BCUT2D eigenvalue weighted by Crippen LogP contribution is 2.15. The van der Waals surface area contributed by atoms with Crippen molar-refractivity contribution in [2.24, 2.45) is 0 Å². The molecule has 1 aromatic rings. The van der Waals surface area contributed by atoms with Crippen molar-refractivity contribution in [2.75, 3.05) is 7.11 Å². The number of H-pyrrole nitrogens is 1. The Bertz CT molecular complexity index is 420. The van der Waals surface area contributed by atoms with Crippen molar-refractivity contribution in [3.63, 3.8) is 0 Å². The second-order valence-corrected chi connectivity index (χ2v) is 3.35. The first-order valence-electron chi connectivity index (χ1n) is 4.83. The van der Waals surface area contributed by atoms with E-state index in [9.17, 15) is 14.4 Å². The first-order chi connectivity index (χ1) is 7.60. The molecule has 5 heteroatoms. The van der Waals surface area contributed by atoms with Gasteiger partial charge < -0.3 is 9.72 Å². The molecule has 0 saturated heterocycles. The van der Waals surface area contributed by atoms with Crippen LogP contribution in [0.5, 0.6) is 0 Å². The van der Waals surface area contributed by atoms with Gasteiger partial charge in [0, 0.05) is 18.2 Å². The normalized spacial score (nSPS) is 9.88. The Hall–Kier alpha value is -1.91. The van der Waals surface area contributed by atoms with Crippen LogP contribution >= 0.6 is 0 Å². The molecule has 5 nitrogen and oxygen atoms in total. The van der Waals surface area contributed by atoms with Crippen LogP contribution in [0, 0.1) is 0 Å². The number of hydrogen-bond donors (Lipinski definition) is 1. The number of aryl methyl sites for hydroxylation is 1. The monoisotopic (exact) mass is 223 g/mol. The van der Waals surface area contributed by atoms with E-state index >= 15 is 0 Å². The molecule has 0 fully saturated rings. The highest BCUT2D eigenvalue weighted by atomic mass is 16.5. The molecule has 1 rings (SSSR count). The van der Waals surface area contributed by atoms with E-state index < -0.39 is 0 Å². The van der Waals surface area contributed by atoms with E-state index in [1.54, 1.807) is 6.20 Å². The standard InChI is InChI=1S/C11H13NO4/c1-7(14)11-8(3-4-10(15)16-2)5-12-9(11)6-13/h5-6,12H,3-4H2,1-2H3. The van der Waals surface area contributed by atoms with Crippen molar-refractivity contribution in [1.82, 2.24) is 4.98 Å². The molecule has 0 atom stereocenters. The number of nitrogens with one attached hydrogen (secondary N) is 1. The fourth-order valence-corrected chi connectivity index (χ4v) is 1.53. The molecule has 0 aliphatic rings. The van der Waals surface area contributed by atoms with Crippen molar-refractivity contribution >= 4 is 18.0 Å². The van der Waals surface area contributed by atoms with Crippen molar-refractivity contribution in [1.29, 1.82) is 0 Å². The molecule has 0 radical (unpaired) electrons. The van der Waals surface area contributed by atoms with Gasteiger partial charge in [-0.1, -0.05) is 0 Å². The largest absolute Gasteiger partial charge is 0.469 e. The molecule has 0 saturated carbocycles. The first-order valence-corrected chi connectivity index (χ1v) is 4.83. The van der Waals surface area contributed by atoms with Gasteiger partial charge >= 0.3 is 5.97 Å². The highest BCUT2D eigenvalue weighted by molar-refractivity contribution is 6.02. The molecule has 16 heavy (non-hydrogen) atoms. The molecular weight excluding hydrogens is 210 g/mol. The Morgan fingerprint density at radius 2 is 2.19 bits per heavy atom. The number of ketones is 1. The maximum Gasteiger partial charge on any atom is 0.305 e. The molecule has 0 amide bonds. The number of aldehydes is 1. The van der Waals surface area contributed by atoms with E-state index in [4.69, 9.17) is 0 Å². The minimum atomic E-state index is -0.344. The molecule has 0 bridgehead atoms. The third-order valence-electron chi connectivity index (χ3n) is 2.29. The summed E-state index contributed by atoms with van der Waals surface area (Å²) >= 11 is 0. The van der Waals surface area contributed by atoms with E-state index in [0.29, 0.717) is 23.8 Å². The lowest BCUT2D eigenvalue weighted by Crippen LogP contribution is -2.05. The molecule has 1 heterocycles. The summed E-state index contributed by atoms with van der Waals surface area (Å²) in [5.41, 5.74) is 1.28. The molecule has 1 N–H and O–H groups in total. The maximum absolute atomic E-state index is 11.3. The lowest BCUT2D eigenvalue weighted by molar-refractivity contribution is -0.140. The van der Waals surface area contributed by atoms with Crippen LogP contribution in [0.1, 0.15) is 39.8 Å². The molecule has 1 aromatic heterocycles. The van der Waals surface area contributed by atoms with Gasteiger partial charge in [-0.3, -0.25) is 14.4 Å². The zero-order valence-corrected chi connectivity index (χ0v) is 9.20. The van der Waals surface area contributed by atoms with Gasteiger partial charge in [0.25, 0.3) is 0 Å². The summed E-state index contributed by atoms with van der Waals surface area (Å²) in [4.78, 5) is 35.7. The molecule has 0 aliphatic heterocycles. The number of rotatable bonds is 5. The Labute approximate surface area is 92.8 Å². The van der Waals surface area contributed by atoms with Crippen LogP contribution in [-0.2, 0) is 16.0 Å². The number of Topliss-reactive ketones (excluding diaryl/α,β-unsaturated/α-hetero) is 1. The van der Waals surface area contributed by atoms with Crippen LogP contribution in [0.25, 0.3) is 0 Å². The number of aromatic nitrogens is 1. The number of esters is 1. The van der Waals surface area contributed by atoms with Crippen LogP contribution in [0.4, 0.5) is 0 Å². The molecule has 0 spiro atoms. The smallest absolute Gasteiger partial charge is 0.305 e. The minimum absolute atomic E-state index is 0.187. The van der Waals surface area contributed by atoms with Gasteiger partial charge in [0.15, 0.2) is 12.1 Å². The number of carbonyl (C=O) groups excluding carboxylic acids is 3. The topological polar surface area (TPSA) is 76.2 Å². The zero-order valence-electron chi connectivity index (χ0n) is 9.20. The number of ether oxygens (including phenoxy) is 1. The third-order valence-corrected chi connectivity index (χ3v) is 2.29. The number of carbonyl (C=O) groups is 3. The SMILES string of the molecule is COC(=O)CCc1c[nH]c(C=O)c1C(C)=O. The van der Waals surface area contributed by atoms with Crippen LogP contribution in [0.15, 0.2) is 6.20 Å². The summed E-state index contributed by atoms with van der Waals surface area (Å²) in [5.74, 6) is -0.536. The van der Waals surface area contributed by atoms with Crippen LogP contribution < -0.4 is 0 Å². The molecule has 86 valence electrons. The third kappa shape index (κ3) is 2.56. The summed E-state index contributed by atoms with van der Waals surface area (Å²) in [7, 11) is 1.31. The second kappa shape index (κ2) is 5.25.